The number of rotatable bonds is 5. The molecule has 20 heavy (non-hydrogen) atoms. The second-order valence-corrected chi connectivity index (χ2v) is 7.32. The van der Waals surface area contributed by atoms with Gasteiger partial charge in [-0.1, -0.05) is 23.2 Å². The fourth-order valence-corrected chi connectivity index (χ4v) is 3.47. The van der Waals surface area contributed by atoms with E-state index in [0.29, 0.717) is 16.7 Å². The molecule has 2 rings (SSSR count). The molecule has 0 fully saturated rings. The van der Waals surface area contributed by atoms with Gasteiger partial charge in [0.05, 0.1) is 0 Å². The number of aromatic nitrogens is 1. The van der Waals surface area contributed by atoms with Crippen LogP contribution in [0.2, 0.25) is 9.49 Å². The van der Waals surface area contributed by atoms with Gasteiger partial charge in [-0.05, 0) is 31.2 Å². The van der Waals surface area contributed by atoms with E-state index in [-0.39, 0.29) is 5.91 Å². The summed E-state index contributed by atoms with van der Waals surface area (Å²) in [4.78, 5) is 17.8. The van der Waals surface area contributed by atoms with E-state index >= 15 is 0 Å². The highest BCUT2D eigenvalue weighted by atomic mass is 35.5. The second kappa shape index (κ2) is 7.31. The Morgan fingerprint density at radius 2 is 2.05 bits per heavy atom. The number of thioether (sulfide) groups is 1. The summed E-state index contributed by atoms with van der Waals surface area (Å²) in [5, 5.41) is 3.56. The van der Waals surface area contributed by atoms with E-state index in [0.717, 1.165) is 20.5 Å². The van der Waals surface area contributed by atoms with E-state index in [1.54, 1.807) is 11.8 Å². The van der Waals surface area contributed by atoms with Gasteiger partial charge in [0.2, 0.25) is 0 Å². The van der Waals surface area contributed by atoms with Gasteiger partial charge in [0.25, 0.3) is 5.91 Å². The van der Waals surface area contributed by atoms with E-state index in [2.05, 4.69) is 10.3 Å². The monoisotopic (exact) mass is 346 g/mol. The molecule has 1 aromatic carbocycles. The minimum Gasteiger partial charge on any atom is -0.350 e. The molecule has 1 heterocycles. The van der Waals surface area contributed by atoms with Gasteiger partial charge in [0, 0.05) is 27.1 Å². The van der Waals surface area contributed by atoms with Gasteiger partial charge in [-0.15, -0.1) is 23.1 Å². The molecule has 0 aliphatic heterocycles. The van der Waals surface area contributed by atoms with E-state index < -0.39 is 0 Å². The van der Waals surface area contributed by atoms with Crippen LogP contribution < -0.4 is 5.32 Å². The molecule has 1 amide bonds. The molecule has 0 saturated heterocycles. The van der Waals surface area contributed by atoms with Crippen molar-refractivity contribution in [3.8, 4) is 0 Å². The van der Waals surface area contributed by atoms with Crippen LogP contribution in [-0.4, -0.2) is 23.2 Å². The molecule has 0 bridgehead atoms. The molecule has 0 saturated carbocycles. The van der Waals surface area contributed by atoms with Crippen molar-refractivity contribution in [3.05, 3.63) is 44.3 Å². The smallest absolute Gasteiger partial charge is 0.271 e. The van der Waals surface area contributed by atoms with Crippen molar-refractivity contribution in [2.75, 3.05) is 12.3 Å². The van der Waals surface area contributed by atoms with Gasteiger partial charge in [-0.3, -0.25) is 4.79 Å². The van der Waals surface area contributed by atoms with Crippen molar-refractivity contribution in [2.45, 2.75) is 11.8 Å². The third-order valence-electron chi connectivity index (χ3n) is 2.46. The van der Waals surface area contributed by atoms with Crippen molar-refractivity contribution >= 4 is 52.2 Å². The molecule has 0 spiro atoms. The van der Waals surface area contributed by atoms with Crippen LogP contribution in [0.1, 0.15) is 15.4 Å². The Balaban J connectivity index is 1.77. The summed E-state index contributed by atoms with van der Waals surface area (Å²) < 4.78 is 0.392. The predicted octanol–water partition coefficient (Wildman–Crippen LogP) is 4.28. The zero-order chi connectivity index (χ0) is 14.5. The van der Waals surface area contributed by atoms with Crippen LogP contribution >= 0.6 is 46.3 Å². The number of hydrogen-bond donors (Lipinski definition) is 1. The van der Waals surface area contributed by atoms with Crippen LogP contribution in [0.25, 0.3) is 0 Å². The number of halogens is 2. The van der Waals surface area contributed by atoms with Gasteiger partial charge >= 0.3 is 0 Å². The molecule has 0 atom stereocenters. The van der Waals surface area contributed by atoms with E-state index in [1.165, 1.54) is 11.3 Å². The predicted molar refractivity (Wildman–Crippen MR) is 86.4 cm³/mol. The third kappa shape index (κ3) is 4.38. The summed E-state index contributed by atoms with van der Waals surface area (Å²) in [5.41, 5.74) is 0.413. The molecular weight excluding hydrogens is 335 g/mol. The Kier molecular flexibility index (Phi) is 5.72. The summed E-state index contributed by atoms with van der Waals surface area (Å²) in [6.07, 6.45) is 0. The van der Waals surface area contributed by atoms with Gasteiger partial charge < -0.3 is 5.32 Å². The average molecular weight is 347 g/mol. The lowest BCUT2D eigenvalue weighted by atomic mass is 10.3. The van der Waals surface area contributed by atoms with Crippen molar-refractivity contribution in [3.63, 3.8) is 0 Å². The Morgan fingerprint density at radius 1 is 1.35 bits per heavy atom. The summed E-state index contributed by atoms with van der Waals surface area (Å²) in [5.74, 6) is 0.604. The molecule has 0 radical (unpaired) electrons. The molecule has 2 aromatic rings. The van der Waals surface area contributed by atoms with Crippen LogP contribution in [0.3, 0.4) is 0 Å². The first-order valence-corrected chi connectivity index (χ1v) is 8.41. The summed E-state index contributed by atoms with van der Waals surface area (Å²) in [6.45, 7) is 2.40. The van der Waals surface area contributed by atoms with Crippen LogP contribution in [-0.2, 0) is 0 Å². The SMILES string of the molecule is Cc1sc(Cl)nc1C(=O)NCCSc1ccc(Cl)cc1. The van der Waals surface area contributed by atoms with E-state index in [1.807, 2.05) is 31.2 Å². The second-order valence-electron chi connectivity index (χ2n) is 3.93. The van der Waals surface area contributed by atoms with E-state index in [9.17, 15) is 4.79 Å². The Bertz CT molecular complexity index is 599. The number of aryl methyl sites for hydroxylation is 1. The molecule has 106 valence electrons. The molecule has 0 unspecified atom stereocenters. The number of carbonyl (C=O) groups excluding carboxylic acids is 1. The molecule has 0 aliphatic carbocycles. The molecule has 1 N–H and O–H groups in total. The lowest BCUT2D eigenvalue weighted by Gasteiger charge is -2.04. The van der Waals surface area contributed by atoms with Crippen molar-refractivity contribution in [1.29, 1.82) is 0 Å². The average Bonchev–Trinajstić information content (AvgIpc) is 2.75. The van der Waals surface area contributed by atoms with Crippen LogP contribution in [0, 0.1) is 6.92 Å². The highest BCUT2D eigenvalue weighted by Crippen LogP contribution is 2.22. The normalized spacial score (nSPS) is 10.6. The standard InChI is InChI=1S/C13H12Cl2N2OS2/c1-8-11(17-13(15)20-8)12(18)16-6-7-19-10-4-2-9(14)3-5-10/h2-5H,6-7H2,1H3,(H,16,18). The molecule has 0 aliphatic rings. The van der Waals surface area contributed by atoms with E-state index in [4.69, 9.17) is 23.2 Å². The minimum atomic E-state index is -0.178. The quantitative estimate of drug-likeness (QED) is 0.648. The molecule has 7 heteroatoms. The number of thiazole rings is 1. The van der Waals surface area contributed by atoms with Gasteiger partial charge in [0.15, 0.2) is 4.47 Å². The summed E-state index contributed by atoms with van der Waals surface area (Å²) in [7, 11) is 0. The molecule has 1 aromatic heterocycles. The maximum absolute atomic E-state index is 11.9. The third-order valence-corrected chi connectivity index (χ3v) is 4.80. The van der Waals surface area contributed by atoms with Crippen molar-refractivity contribution in [2.24, 2.45) is 0 Å². The lowest BCUT2D eigenvalue weighted by Crippen LogP contribution is -2.26. The van der Waals surface area contributed by atoms with Crippen LogP contribution in [0.5, 0.6) is 0 Å². The summed E-state index contributed by atoms with van der Waals surface area (Å²) in [6, 6.07) is 7.62. The zero-order valence-corrected chi connectivity index (χ0v) is 13.8. The summed E-state index contributed by atoms with van der Waals surface area (Å²) >= 11 is 14.6. The first-order chi connectivity index (χ1) is 9.56. The Morgan fingerprint density at radius 3 is 2.65 bits per heavy atom. The zero-order valence-electron chi connectivity index (χ0n) is 10.7. The number of nitrogens with zero attached hydrogens (tertiary/aromatic N) is 1. The van der Waals surface area contributed by atoms with Gasteiger partial charge in [-0.25, -0.2) is 4.98 Å². The number of benzene rings is 1. The number of amides is 1. The van der Waals surface area contributed by atoms with Gasteiger partial charge in [-0.2, -0.15) is 0 Å². The van der Waals surface area contributed by atoms with Crippen LogP contribution in [0.4, 0.5) is 0 Å². The Hall–Kier alpha value is -0.750. The number of nitrogens with one attached hydrogen (secondary N) is 1. The highest BCUT2D eigenvalue weighted by molar-refractivity contribution is 7.99. The van der Waals surface area contributed by atoms with Crippen molar-refractivity contribution in [1.82, 2.24) is 10.3 Å². The number of hydrogen-bond acceptors (Lipinski definition) is 4. The fourth-order valence-electron chi connectivity index (χ4n) is 1.52. The topological polar surface area (TPSA) is 42.0 Å². The maximum Gasteiger partial charge on any atom is 0.271 e. The Labute approximate surface area is 135 Å². The lowest BCUT2D eigenvalue weighted by molar-refractivity contribution is 0.0951. The highest BCUT2D eigenvalue weighted by Gasteiger charge is 2.13. The number of carbonyl (C=O) groups is 1. The largest absolute Gasteiger partial charge is 0.350 e. The molecular formula is C13H12Cl2N2OS2. The minimum absolute atomic E-state index is 0.178. The van der Waals surface area contributed by atoms with Gasteiger partial charge in [0.1, 0.15) is 5.69 Å². The first-order valence-electron chi connectivity index (χ1n) is 5.86. The first kappa shape index (κ1) is 15.6. The van der Waals surface area contributed by atoms with Crippen LogP contribution in [0.15, 0.2) is 29.2 Å². The fraction of sp³-hybridized carbons (Fsp3) is 0.231. The van der Waals surface area contributed by atoms with Crippen molar-refractivity contribution < 1.29 is 4.79 Å². The molecule has 3 nitrogen and oxygen atoms in total. The maximum atomic E-state index is 11.9.